The zero-order valence-corrected chi connectivity index (χ0v) is 11.2. The Labute approximate surface area is 110 Å². The average molecular weight is 258 g/mol. The maximum absolute atomic E-state index is 8.86. The standard InChI is InChI=1S/C13H14N4S/c1-9(5-11-3-4-18-8-11)15-13-16-10(2)6-12(7-14)17-13/h3-4,6,8-9H,5H2,1-2H3,(H,15,16,17). The first kappa shape index (κ1) is 12.5. The molecule has 0 aliphatic carbocycles. The molecule has 2 rings (SSSR count). The molecule has 0 aliphatic rings. The monoisotopic (exact) mass is 258 g/mol. The molecule has 0 radical (unpaired) electrons. The summed E-state index contributed by atoms with van der Waals surface area (Å²) in [5, 5.41) is 16.3. The van der Waals surface area contributed by atoms with Crippen LogP contribution in [0.15, 0.2) is 22.9 Å². The van der Waals surface area contributed by atoms with Crippen LogP contribution in [0.3, 0.4) is 0 Å². The van der Waals surface area contributed by atoms with Crippen molar-refractivity contribution in [2.75, 3.05) is 5.32 Å². The molecule has 0 saturated heterocycles. The van der Waals surface area contributed by atoms with E-state index in [-0.39, 0.29) is 6.04 Å². The minimum atomic E-state index is 0.230. The number of hydrogen-bond acceptors (Lipinski definition) is 5. The van der Waals surface area contributed by atoms with Crippen molar-refractivity contribution in [3.05, 3.63) is 39.8 Å². The van der Waals surface area contributed by atoms with Gasteiger partial charge in [0.2, 0.25) is 5.95 Å². The zero-order valence-electron chi connectivity index (χ0n) is 10.3. The van der Waals surface area contributed by atoms with E-state index in [4.69, 9.17) is 5.26 Å². The van der Waals surface area contributed by atoms with Gasteiger partial charge in [-0.3, -0.25) is 0 Å². The number of aryl methyl sites for hydroxylation is 1. The lowest BCUT2D eigenvalue weighted by molar-refractivity contribution is 0.777. The third-order valence-electron chi connectivity index (χ3n) is 2.47. The van der Waals surface area contributed by atoms with Gasteiger partial charge in [0, 0.05) is 11.7 Å². The summed E-state index contributed by atoms with van der Waals surface area (Å²) in [6, 6.07) is 6.05. The molecule has 2 heterocycles. The van der Waals surface area contributed by atoms with Gasteiger partial charge in [-0.1, -0.05) is 0 Å². The number of aromatic nitrogens is 2. The van der Waals surface area contributed by atoms with Gasteiger partial charge >= 0.3 is 0 Å². The normalized spacial score (nSPS) is 11.8. The molecule has 1 N–H and O–H groups in total. The molecule has 0 aliphatic heterocycles. The number of rotatable bonds is 4. The third-order valence-corrected chi connectivity index (χ3v) is 3.20. The third kappa shape index (κ3) is 3.28. The van der Waals surface area contributed by atoms with Crippen LogP contribution in [0.4, 0.5) is 5.95 Å². The van der Waals surface area contributed by atoms with Crippen molar-refractivity contribution in [3.8, 4) is 6.07 Å². The number of nitriles is 1. The highest BCUT2D eigenvalue weighted by Gasteiger charge is 2.07. The molecule has 1 atom stereocenters. The highest BCUT2D eigenvalue weighted by molar-refractivity contribution is 7.07. The summed E-state index contributed by atoms with van der Waals surface area (Å²) in [5.41, 5.74) is 2.49. The zero-order chi connectivity index (χ0) is 13.0. The van der Waals surface area contributed by atoms with Crippen molar-refractivity contribution in [2.24, 2.45) is 0 Å². The first-order chi connectivity index (χ1) is 8.67. The minimum absolute atomic E-state index is 0.230. The van der Waals surface area contributed by atoms with Gasteiger partial charge in [-0.25, -0.2) is 9.97 Å². The van der Waals surface area contributed by atoms with Gasteiger partial charge < -0.3 is 5.32 Å². The van der Waals surface area contributed by atoms with Crippen LogP contribution in [-0.4, -0.2) is 16.0 Å². The van der Waals surface area contributed by atoms with E-state index in [0.717, 1.165) is 12.1 Å². The predicted molar refractivity (Wildman–Crippen MR) is 72.6 cm³/mol. The second kappa shape index (κ2) is 5.61. The highest BCUT2D eigenvalue weighted by atomic mass is 32.1. The smallest absolute Gasteiger partial charge is 0.224 e. The van der Waals surface area contributed by atoms with Crippen molar-refractivity contribution in [3.63, 3.8) is 0 Å². The molecule has 4 nitrogen and oxygen atoms in total. The number of nitrogens with zero attached hydrogens (tertiary/aromatic N) is 3. The van der Waals surface area contributed by atoms with Gasteiger partial charge in [-0.2, -0.15) is 16.6 Å². The van der Waals surface area contributed by atoms with Crippen LogP contribution in [0.2, 0.25) is 0 Å². The topological polar surface area (TPSA) is 61.6 Å². The Morgan fingerprint density at radius 1 is 1.50 bits per heavy atom. The summed E-state index contributed by atoms with van der Waals surface area (Å²) in [6.07, 6.45) is 0.919. The van der Waals surface area contributed by atoms with Crippen LogP contribution < -0.4 is 5.32 Å². The van der Waals surface area contributed by atoms with Gasteiger partial charge in [-0.15, -0.1) is 0 Å². The summed E-state index contributed by atoms with van der Waals surface area (Å²) in [6.45, 7) is 3.94. The van der Waals surface area contributed by atoms with Crippen molar-refractivity contribution < 1.29 is 0 Å². The molecule has 0 amide bonds. The number of nitrogens with one attached hydrogen (secondary N) is 1. The van der Waals surface area contributed by atoms with E-state index < -0.39 is 0 Å². The fourth-order valence-corrected chi connectivity index (χ4v) is 2.41. The largest absolute Gasteiger partial charge is 0.351 e. The van der Waals surface area contributed by atoms with Gasteiger partial charge in [0.25, 0.3) is 0 Å². The second-order valence-electron chi connectivity index (χ2n) is 4.21. The summed E-state index contributed by atoms with van der Waals surface area (Å²) < 4.78 is 0. The first-order valence-electron chi connectivity index (χ1n) is 5.71. The minimum Gasteiger partial charge on any atom is -0.351 e. The van der Waals surface area contributed by atoms with E-state index in [1.165, 1.54) is 5.56 Å². The molecule has 0 aromatic carbocycles. The fourth-order valence-electron chi connectivity index (χ4n) is 1.72. The van der Waals surface area contributed by atoms with Gasteiger partial charge in [0.15, 0.2) is 0 Å². The van der Waals surface area contributed by atoms with Crippen molar-refractivity contribution in [1.82, 2.24) is 9.97 Å². The molecule has 0 fully saturated rings. The van der Waals surface area contributed by atoms with Gasteiger partial charge in [-0.05, 0) is 48.7 Å². The molecule has 2 aromatic rings. The van der Waals surface area contributed by atoms with Crippen LogP contribution in [0, 0.1) is 18.3 Å². The summed E-state index contributed by atoms with van der Waals surface area (Å²) in [5.74, 6) is 0.522. The van der Waals surface area contributed by atoms with Crippen LogP contribution in [0.1, 0.15) is 23.9 Å². The van der Waals surface area contributed by atoms with Crippen LogP contribution in [0.5, 0.6) is 0 Å². The van der Waals surface area contributed by atoms with Crippen molar-refractivity contribution in [1.29, 1.82) is 5.26 Å². The Morgan fingerprint density at radius 3 is 3.00 bits per heavy atom. The van der Waals surface area contributed by atoms with E-state index in [2.05, 4.69) is 39.0 Å². The number of thiophene rings is 1. The maximum atomic E-state index is 8.86. The van der Waals surface area contributed by atoms with Crippen LogP contribution in [-0.2, 0) is 6.42 Å². The molecule has 18 heavy (non-hydrogen) atoms. The molecule has 1 unspecified atom stereocenters. The molecule has 0 saturated carbocycles. The predicted octanol–water partition coefficient (Wildman–Crippen LogP) is 2.76. The summed E-state index contributed by atoms with van der Waals surface area (Å²) in [7, 11) is 0. The quantitative estimate of drug-likeness (QED) is 0.916. The Bertz CT molecular complexity index is 557. The van der Waals surface area contributed by atoms with Crippen molar-refractivity contribution in [2.45, 2.75) is 26.3 Å². The lowest BCUT2D eigenvalue weighted by Gasteiger charge is -2.13. The first-order valence-corrected chi connectivity index (χ1v) is 6.65. The number of hydrogen-bond donors (Lipinski definition) is 1. The van der Waals surface area contributed by atoms with Gasteiger partial charge in [0.1, 0.15) is 11.8 Å². The number of anilines is 1. The molecule has 5 heteroatoms. The fraction of sp³-hybridized carbons (Fsp3) is 0.308. The molecule has 0 spiro atoms. The second-order valence-corrected chi connectivity index (χ2v) is 4.99. The average Bonchev–Trinajstić information content (AvgIpc) is 2.80. The molecular formula is C13H14N4S. The molecule has 92 valence electrons. The summed E-state index contributed by atoms with van der Waals surface area (Å²) >= 11 is 1.69. The van der Waals surface area contributed by atoms with E-state index in [1.807, 2.05) is 13.0 Å². The van der Waals surface area contributed by atoms with Crippen LogP contribution >= 0.6 is 11.3 Å². The van der Waals surface area contributed by atoms with E-state index >= 15 is 0 Å². The SMILES string of the molecule is Cc1cc(C#N)nc(NC(C)Cc2ccsc2)n1. The molecule has 0 bridgehead atoms. The van der Waals surface area contributed by atoms with Crippen LogP contribution in [0.25, 0.3) is 0 Å². The van der Waals surface area contributed by atoms with Gasteiger partial charge in [0.05, 0.1) is 0 Å². The highest BCUT2D eigenvalue weighted by Crippen LogP contribution is 2.11. The van der Waals surface area contributed by atoms with E-state index in [0.29, 0.717) is 11.6 Å². The Kier molecular flexibility index (Phi) is 3.90. The Morgan fingerprint density at radius 2 is 2.33 bits per heavy atom. The Hall–Kier alpha value is -1.93. The van der Waals surface area contributed by atoms with Crippen molar-refractivity contribution >= 4 is 17.3 Å². The Balaban J connectivity index is 2.05. The van der Waals surface area contributed by atoms with E-state index in [9.17, 15) is 0 Å². The maximum Gasteiger partial charge on any atom is 0.224 e. The summed E-state index contributed by atoms with van der Waals surface area (Å²) in [4.78, 5) is 8.42. The molecule has 2 aromatic heterocycles. The van der Waals surface area contributed by atoms with E-state index in [1.54, 1.807) is 17.4 Å². The lowest BCUT2D eigenvalue weighted by atomic mass is 10.1. The lowest BCUT2D eigenvalue weighted by Crippen LogP contribution is -2.20. The molecular weight excluding hydrogens is 244 g/mol.